The average molecular weight is 528 g/mol. The number of nitriles is 1. The van der Waals surface area contributed by atoms with Crippen LogP contribution in [-0.2, 0) is 16.0 Å². The highest BCUT2D eigenvalue weighted by molar-refractivity contribution is 6.43. The molecule has 2 saturated heterocycles. The summed E-state index contributed by atoms with van der Waals surface area (Å²) in [5.74, 6) is -1.88. The maximum Gasteiger partial charge on any atom is 0.475 e. The fraction of sp³-hybridized carbons (Fsp3) is 0.593. The summed E-state index contributed by atoms with van der Waals surface area (Å²) in [5, 5.41) is 31.6. The Morgan fingerprint density at radius 3 is 2.58 bits per heavy atom. The third kappa shape index (κ3) is 8.03. The van der Waals surface area contributed by atoms with Crippen molar-refractivity contribution in [3.05, 3.63) is 47.3 Å². The third-order valence-corrected chi connectivity index (χ3v) is 7.31. The molecule has 2 aliphatic heterocycles. The minimum absolute atomic E-state index is 0.0582. The van der Waals surface area contributed by atoms with Gasteiger partial charge in [-0.15, -0.1) is 0 Å². The second kappa shape index (κ2) is 12.3. The first-order valence-corrected chi connectivity index (χ1v) is 13.0. The fourth-order valence-corrected chi connectivity index (χ4v) is 5.02. The Hall–Kier alpha value is -2.94. The van der Waals surface area contributed by atoms with Gasteiger partial charge in [0, 0.05) is 18.6 Å². The normalized spacial score (nSPS) is 20.9. The lowest BCUT2D eigenvalue weighted by atomic mass is 9.76. The number of hydrogen-bond donors (Lipinski definition) is 3. The molecule has 11 heteroatoms. The first-order chi connectivity index (χ1) is 17.8. The second-order valence-electron chi connectivity index (χ2n) is 11.6. The van der Waals surface area contributed by atoms with Gasteiger partial charge in [0.15, 0.2) is 0 Å². The van der Waals surface area contributed by atoms with Crippen LogP contribution in [0.15, 0.2) is 35.9 Å². The number of likely N-dealkylation sites (tertiary alicyclic amines) is 2. The van der Waals surface area contributed by atoms with Crippen molar-refractivity contribution in [3.8, 4) is 6.07 Å². The number of rotatable bonds is 8. The van der Waals surface area contributed by atoms with Crippen LogP contribution in [0.4, 0.5) is 9.18 Å². The van der Waals surface area contributed by atoms with Crippen molar-refractivity contribution in [3.63, 3.8) is 0 Å². The Kier molecular flexibility index (Phi) is 9.57. The quantitative estimate of drug-likeness (QED) is 0.269. The Morgan fingerprint density at radius 2 is 2.00 bits per heavy atom. The topological polar surface area (TPSA) is 126 Å². The molecule has 0 bridgehead atoms. The van der Waals surface area contributed by atoms with Gasteiger partial charge in [-0.05, 0) is 75.3 Å². The molecule has 9 nitrogen and oxygen atoms in total. The smallest absolute Gasteiger partial charge is 0.444 e. The van der Waals surface area contributed by atoms with E-state index in [1.54, 1.807) is 6.08 Å². The number of carbonyl (C=O) groups excluding carboxylic acids is 2. The van der Waals surface area contributed by atoms with Gasteiger partial charge in [0.05, 0.1) is 12.5 Å². The van der Waals surface area contributed by atoms with Crippen LogP contribution in [0.5, 0.6) is 0 Å². The summed E-state index contributed by atoms with van der Waals surface area (Å²) >= 11 is 0. The SMILES string of the molecule is CC1(C)CCN(C(C)(C)/C=C(\C#N)C(=O)N2CCC[C@H](OC(=O)N[C@@H](Cc3ccc(F)cc3)B(O)O)C2)C1. The van der Waals surface area contributed by atoms with Gasteiger partial charge >= 0.3 is 13.2 Å². The summed E-state index contributed by atoms with van der Waals surface area (Å²) in [6, 6.07) is 7.55. The Labute approximate surface area is 224 Å². The number of nitrogens with zero attached hydrogens (tertiary/aromatic N) is 3. The van der Waals surface area contributed by atoms with E-state index in [4.69, 9.17) is 4.74 Å². The van der Waals surface area contributed by atoms with E-state index in [-0.39, 0.29) is 24.0 Å². The molecular formula is C27H38BFN4O5. The van der Waals surface area contributed by atoms with Gasteiger partial charge in [0.2, 0.25) is 0 Å². The number of amides is 2. The lowest BCUT2D eigenvalue weighted by molar-refractivity contribution is -0.129. The van der Waals surface area contributed by atoms with Gasteiger partial charge in [-0.25, -0.2) is 9.18 Å². The predicted molar refractivity (Wildman–Crippen MR) is 141 cm³/mol. The minimum Gasteiger partial charge on any atom is -0.444 e. The van der Waals surface area contributed by atoms with Gasteiger partial charge in [0.1, 0.15) is 23.6 Å². The van der Waals surface area contributed by atoms with E-state index >= 15 is 0 Å². The predicted octanol–water partition coefficient (Wildman–Crippen LogP) is 2.43. The van der Waals surface area contributed by atoms with Crippen LogP contribution in [0.2, 0.25) is 0 Å². The van der Waals surface area contributed by atoms with Gasteiger partial charge in [0.25, 0.3) is 5.91 Å². The van der Waals surface area contributed by atoms with E-state index in [0.717, 1.165) is 19.5 Å². The van der Waals surface area contributed by atoms with Gasteiger partial charge in [-0.1, -0.05) is 26.0 Å². The molecule has 2 aliphatic rings. The van der Waals surface area contributed by atoms with Crippen molar-refractivity contribution >= 4 is 19.1 Å². The molecule has 1 aromatic rings. The highest BCUT2D eigenvalue weighted by Crippen LogP contribution is 2.34. The molecule has 2 heterocycles. The van der Waals surface area contributed by atoms with Crippen LogP contribution in [0.3, 0.4) is 0 Å². The number of carbonyl (C=O) groups is 2. The highest BCUT2D eigenvalue weighted by atomic mass is 19.1. The van der Waals surface area contributed by atoms with E-state index < -0.39 is 42.5 Å². The molecule has 0 aromatic heterocycles. The standard InChI is InChI=1S/C27H38BFN4O5/c1-26(2)11-13-33(18-26)27(3,4)15-20(16-30)24(34)32-12-5-6-22(17-32)38-25(35)31-23(28(36)37)14-19-7-9-21(29)10-8-19/h7-10,15,22-23,36-37H,5-6,11-14,17-18H2,1-4H3,(H,31,35)/b20-15+/t22-,23-/m0/s1. The van der Waals surface area contributed by atoms with Gasteiger partial charge in [-0.3, -0.25) is 9.69 Å². The number of piperidine rings is 1. The van der Waals surface area contributed by atoms with Crippen molar-refractivity contribution in [1.29, 1.82) is 5.26 Å². The lowest BCUT2D eigenvalue weighted by Crippen LogP contribution is -2.50. The summed E-state index contributed by atoms with van der Waals surface area (Å²) < 4.78 is 18.6. The molecule has 0 unspecified atom stereocenters. The molecular weight excluding hydrogens is 490 g/mol. The van der Waals surface area contributed by atoms with E-state index in [2.05, 4.69) is 30.1 Å². The molecule has 2 fully saturated rings. The van der Waals surface area contributed by atoms with Crippen LogP contribution in [0.25, 0.3) is 0 Å². The monoisotopic (exact) mass is 528 g/mol. The molecule has 2 amide bonds. The maximum absolute atomic E-state index is 13.2. The molecule has 2 atom stereocenters. The van der Waals surface area contributed by atoms with Gasteiger partial charge < -0.3 is 25.0 Å². The Balaban J connectivity index is 1.59. The summed E-state index contributed by atoms with van der Waals surface area (Å²) in [5.41, 5.74) is 0.387. The van der Waals surface area contributed by atoms with Crippen LogP contribution in [0, 0.1) is 22.6 Å². The number of benzene rings is 1. The zero-order valence-electron chi connectivity index (χ0n) is 22.6. The van der Waals surface area contributed by atoms with E-state index in [0.29, 0.717) is 24.9 Å². The van der Waals surface area contributed by atoms with Crippen molar-refractivity contribution < 1.29 is 28.8 Å². The van der Waals surface area contributed by atoms with Crippen LogP contribution in [0.1, 0.15) is 52.5 Å². The first-order valence-electron chi connectivity index (χ1n) is 13.0. The highest BCUT2D eigenvalue weighted by Gasteiger charge is 2.38. The second-order valence-corrected chi connectivity index (χ2v) is 11.6. The van der Waals surface area contributed by atoms with E-state index in [1.165, 1.54) is 29.2 Å². The Morgan fingerprint density at radius 1 is 1.32 bits per heavy atom. The van der Waals surface area contributed by atoms with Crippen molar-refractivity contribution in [2.45, 2.75) is 71.0 Å². The first kappa shape index (κ1) is 29.6. The lowest BCUT2D eigenvalue weighted by Gasteiger charge is -2.35. The average Bonchev–Trinajstić information content (AvgIpc) is 3.23. The molecule has 0 radical (unpaired) electrons. The Bertz CT molecular complexity index is 1070. The molecule has 1 aromatic carbocycles. The molecule has 0 saturated carbocycles. The summed E-state index contributed by atoms with van der Waals surface area (Å²) in [4.78, 5) is 29.6. The van der Waals surface area contributed by atoms with Crippen LogP contribution < -0.4 is 5.32 Å². The number of hydrogen-bond acceptors (Lipinski definition) is 7. The number of alkyl carbamates (subject to hydrolysis) is 1. The molecule has 38 heavy (non-hydrogen) atoms. The number of halogens is 1. The third-order valence-electron chi connectivity index (χ3n) is 7.31. The zero-order valence-corrected chi connectivity index (χ0v) is 22.6. The van der Waals surface area contributed by atoms with E-state index in [9.17, 15) is 29.3 Å². The summed E-state index contributed by atoms with van der Waals surface area (Å²) in [7, 11) is -1.86. The molecule has 3 rings (SSSR count). The van der Waals surface area contributed by atoms with E-state index in [1.807, 2.05) is 13.8 Å². The summed E-state index contributed by atoms with van der Waals surface area (Å²) in [6.07, 6.45) is 2.50. The molecule has 206 valence electrons. The van der Waals surface area contributed by atoms with Gasteiger partial charge in [-0.2, -0.15) is 5.26 Å². The number of nitrogens with one attached hydrogen (secondary N) is 1. The fourth-order valence-electron chi connectivity index (χ4n) is 5.02. The number of ether oxygens (including phenoxy) is 1. The molecule has 0 spiro atoms. The van der Waals surface area contributed by atoms with Crippen LogP contribution in [-0.4, -0.2) is 82.7 Å². The largest absolute Gasteiger partial charge is 0.475 e. The summed E-state index contributed by atoms with van der Waals surface area (Å²) in [6.45, 7) is 10.8. The minimum atomic E-state index is -1.86. The maximum atomic E-state index is 13.2. The van der Waals surface area contributed by atoms with Crippen LogP contribution >= 0.6 is 0 Å². The van der Waals surface area contributed by atoms with Crippen molar-refractivity contribution in [2.24, 2.45) is 5.41 Å². The molecule has 0 aliphatic carbocycles. The molecule has 3 N–H and O–H groups in total. The zero-order chi connectivity index (χ0) is 28.1. The van der Waals surface area contributed by atoms with Crippen molar-refractivity contribution in [2.75, 3.05) is 26.2 Å². The van der Waals surface area contributed by atoms with Crippen molar-refractivity contribution in [1.82, 2.24) is 15.1 Å².